The normalized spacial score (nSPS) is 11.2. The van der Waals surface area contributed by atoms with Crippen LogP contribution in [0.25, 0.3) is 0 Å². The van der Waals surface area contributed by atoms with Gasteiger partial charge in [0, 0.05) is 24.7 Å². The largest absolute Gasteiger partial charge is 0.364 e. The number of hydrogen-bond acceptors (Lipinski definition) is 4. The zero-order valence-corrected chi connectivity index (χ0v) is 9.44. The van der Waals surface area contributed by atoms with Gasteiger partial charge in [-0.2, -0.15) is 0 Å². The molecule has 0 amide bonds. The Bertz CT molecular complexity index is 391. The minimum Gasteiger partial charge on any atom is -0.364 e. The number of amidine groups is 1. The van der Waals surface area contributed by atoms with E-state index < -0.39 is 4.92 Å². The van der Waals surface area contributed by atoms with Crippen LogP contribution in [0.1, 0.15) is 5.56 Å². The monoisotopic (exact) mass is 242 g/mol. The van der Waals surface area contributed by atoms with Crippen molar-refractivity contribution in [2.75, 3.05) is 13.6 Å². The molecule has 1 rings (SSSR count). The summed E-state index contributed by atoms with van der Waals surface area (Å²) in [5.41, 5.74) is 0.883. The maximum Gasteiger partial charge on any atom is 0.259 e. The van der Waals surface area contributed by atoms with Gasteiger partial charge >= 0.3 is 0 Å². The first-order chi connectivity index (χ1) is 7.61. The fraction of sp³-hybridized carbons (Fsp3) is 0.333. The highest BCUT2D eigenvalue weighted by Crippen LogP contribution is 2.04. The Morgan fingerprint density at radius 3 is 2.94 bits per heavy atom. The summed E-state index contributed by atoms with van der Waals surface area (Å²) < 4.78 is 0. The van der Waals surface area contributed by atoms with Crippen LogP contribution in [0, 0.1) is 10.1 Å². The van der Waals surface area contributed by atoms with Crippen molar-refractivity contribution in [2.45, 2.75) is 6.54 Å². The summed E-state index contributed by atoms with van der Waals surface area (Å²) in [6.45, 7) is 0.127. The fourth-order valence-corrected chi connectivity index (χ4v) is 1.15. The molecule has 0 saturated heterocycles. The lowest BCUT2D eigenvalue weighted by Crippen LogP contribution is -2.29. The Hall–Kier alpha value is -1.69. The van der Waals surface area contributed by atoms with Crippen LogP contribution >= 0.6 is 11.6 Å². The first-order valence-electron chi connectivity index (χ1n) is 4.53. The third-order valence-corrected chi connectivity index (χ3v) is 2.06. The van der Waals surface area contributed by atoms with Gasteiger partial charge in [-0.1, -0.05) is 17.7 Å². The van der Waals surface area contributed by atoms with Gasteiger partial charge in [0.25, 0.3) is 6.54 Å². The molecule has 16 heavy (non-hydrogen) atoms. The minimum absolute atomic E-state index is 0.308. The van der Waals surface area contributed by atoms with Crippen LogP contribution in [0.2, 0.25) is 5.15 Å². The van der Waals surface area contributed by atoms with Crippen molar-refractivity contribution in [3.05, 3.63) is 39.2 Å². The van der Waals surface area contributed by atoms with Gasteiger partial charge in [-0.15, -0.1) is 0 Å². The van der Waals surface area contributed by atoms with Crippen LogP contribution < -0.4 is 5.32 Å². The van der Waals surface area contributed by atoms with Crippen molar-refractivity contribution in [1.29, 1.82) is 0 Å². The topological polar surface area (TPSA) is 80.4 Å². The number of aromatic nitrogens is 1. The third kappa shape index (κ3) is 4.22. The minimum atomic E-state index is -0.435. The van der Waals surface area contributed by atoms with Crippen molar-refractivity contribution < 1.29 is 4.92 Å². The summed E-state index contributed by atoms with van der Waals surface area (Å²) in [6.07, 6.45) is 1.61. The molecule has 0 aromatic carbocycles. The van der Waals surface area contributed by atoms with Gasteiger partial charge in [0.1, 0.15) is 5.15 Å². The van der Waals surface area contributed by atoms with Gasteiger partial charge in [0.05, 0.1) is 0 Å². The molecule has 0 bridgehead atoms. The van der Waals surface area contributed by atoms with E-state index in [0.29, 0.717) is 17.5 Å². The Morgan fingerprint density at radius 2 is 2.44 bits per heavy atom. The molecule has 0 aliphatic rings. The molecule has 0 saturated carbocycles. The number of aliphatic imine (C=N–C) groups is 1. The molecule has 0 radical (unpaired) electrons. The summed E-state index contributed by atoms with van der Waals surface area (Å²) in [6, 6.07) is 3.45. The number of rotatable bonds is 4. The van der Waals surface area contributed by atoms with Gasteiger partial charge in [-0.05, 0) is 11.6 Å². The van der Waals surface area contributed by atoms with Crippen LogP contribution in [0.4, 0.5) is 0 Å². The van der Waals surface area contributed by atoms with E-state index in [2.05, 4.69) is 15.3 Å². The number of hydrogen-bond donors (Lipinski definition) is 1. The van der Waals surface area contributed by atoms with Crippen molar-refractivity contribution >= 4 is 17.4 Å². The Labute approximate surface area is 97.5 Å². The first kappa shape index (κ1) is 12.4. The average Bonchev–Trinajstić information content (AvgIpc) is 2.26. The number of nitro groups is 1. The molecular formula is C9H11ClN4O2. The highest BCUT2D eigenvalue weighted by Gasteiger charge is 2.05. The molecule has 7 heteroatoms. The average molecular weight is 243 g/mol. The quantitative estimate of drug-likeness (QED) is 0.282. The van der Waals surface area contributed by atoms with Crippen LogP contribution in [0.3, 0.4) is 0 Å². The zero-order valence-electron chi connectivity index (χ0n) is 8.68. The maximum atomic E-state index is 10.3. The second kappa shape index (κ2) is 6.02. The molecule has 1 N–H and O–H groups in total. The lowest BCUT2D eigenvalue weighted by molar-refractivity contribution is -0.463. The smallest absolute Gasteiger partial charge is 0.259 e. The number of halogens is 1. The van der Waals surface area contributed by atoms with E-state index in [1.165, 1.54) is 7.05 Å². The standard InChI is InChI=1S/C9H11ClN4O2/c1-11-9(6-14(15)16)13-5-7-2-3-8(10)12-4-7/h2-4H,5-6H2,1H3,(H,11,13). The Balaban J connectivity index is 2.50. The number of pyridine rings is 1. The van der Waals surface area contributed by atoms with E-state index in [9.17, 15) is 10.1 Å². The maximum absolute atomic E-state index is 10.3. The molecular weight excluding hydrogens is 232 g/mol. The first-order valence-corrected chi connectivity index (χ1v) is 4.91. The third-order valence-electron chi connectivity index (χ3n) is 1.83. The van der Waals surface area contributed by atoms with Crippen LogP contribution in [-0.4, -0.2) is 29.3 Å². The molecule has 0 unspecified atom stereocenters. The summed E-state index contributed by atoms with van der Waals surface area (Å²) in [5.74, 6) is 0.333. The van der Waals surface area contributed by atoms with Gasteiger partial charge in [0.2, 0.25) is 0 Å². The predicted molar refractivity (Wildman–Crippen MR) is 61.3 cm³/mol. The van der Waals surface area contributed by atoms with Crippen molar-refractivity contribution in [3.63, 3.8) is 0 Å². The Kier molecular flexibility index (Phi) is 4.65. The molecule has 6 nitrogen and oxygen atoms in total. The van der Waals surface area contributed by atoms with E-state index in [-0.39, 0.29) is 6.54 Å². The summed E-state index contributed by atoms with van der Waals surface area (Å²) in [7, 11) is 1.51. The molecule has 1 aromatic heterocycles. The second-order valence-corrected chi connectivity index (χ2v) is 3.39. The molecule has 1 heterocycles. The molecule has 0 atom stereocenters. The second-order valence-electron chi connectivity index (χ2n) is 3.00. The molecule has 0 aliphatic heterocycles. The van der Waals surface area contributed by atoms with Gasteiger partial charge < -0.3 is 5.32 Å². The van der Waals surface area contributed by atoms with Gasteiger partial charge in [-0.3, -0.25) is 15.1 Å². The highest BCUT2D eigenvalue weighted by molar-refractivity contribution is 6.29. The molecule has 1 aromatic rings. The van der Waals surface area contributed by atoms with E-state index in [0.717, 1.165) is 5.56 Å². The van der Waals surface area contributed by atoms with E-state index in [1.807, 2.05) is 0 Å². The SMILES string of the molecule is CN=C(C[N+](=O)[O-])NCc1ccc(Cl)nc1. The molecule has 86 valence electrons. The van der Waals surface area contributed by atoms with E-state index >= 15 is 0 Å². The molecule has 0 aliphatic carbocycles. The van der Waals surface area contributed by atoms with Crippen LogP contribution in [0.5, 0.6) is 0 Å². The Morgan fingerprint density at radius 1 is 1.69 bits per heavy atom. The molecule has 0 spiro atoms. The van der Waals surface area contributed by atoms with Crippen LogP contribution in [0.15, 0.2) is 23.3 Å². The number of nitrogens with zero attached hydrogens (tertiary/aromatic N) is 3. The lowest BCUT2D eigenvalue weighted by atomic mass is 10.3. The van der Waals surface area contributed by atoms with Crippen molar-refractivity contribution in [2.24, 2.45) is 4.99 Å². The highest BCUT2D eigenvalue weighted by atomic mass is 35.5. The van der Waals surface area contributed by atoms with Crippen molar-refractivity contribution in [1.82, 2.24) is 10.3 Å². The number of nitrogens with one attached hydrogen (secondary N) is 1. The summed E-state index contributed by atoms with van der Waals surface area (Å²) >= 11 is 5.63. The van der Waals surface area contributed by atoms with E-state index in [4.69, 9.17) is 11.6 Å². The van der Waals surface area contributed by atoms with Gasteiger partial charge in [0.15, 0.2) is 5.84 Å². The van der Waals surface area contributed by atoms with E-state index in [1.54, 1.807) is 18.3 Å². The summed E-state index contributed by atoms with van der Waals surface area (Å²) in [4.78, 5) is 17.5. The predicted octanol–water partition coefficient (Wildman–Crippen LogP) is 1.13. The lowest BCUT2D eigenvalue weighted by Gasteiger charge is -2.05. The van der Waals surface area contributed by atoms with Crippen LogP contribution in [-0.2, 0) is 6.54 Å². The fourth-order valence-electron chi connectivity index (χ4n) is 1.04. The zero-order chi connectivity index (χ0) is 12.0. The summed E-state index contributed by atoms with van der Waals surface area (Å²) in [5, 5.41) is 13.6. The molecule has 0 fully saturated rings. The van der Waals surface area contributed by atoms with Gasteiger partial charge in [-0.25, -0.2) is 4.98 Å². The van der Waals surface area contributed by atoms with Crippen molar-refractivity contribution in [3.8, 4) is 0 Å².